The number of phenolic OH excluding ortho intramolecular Hbond substituents is 3. The molecule has 1 saturated heterocycles. The van der Waals surface area contributed by atoms with Gasteiger partial charge in [0.25, 0.3) is 0 Å². The van der Waals surface area contributed by atoms with Gasteiger partial charge in [-0.15, -0.1) is 0 Å². The van der Waals surface area contributed by atoms with Crippen molar-refractivity contribution in [3.8, 4) is 34.5 Å². The first-order valence-corrected chi connectivity index (χ1v) is 13.5. The molecule has 2 aliphatic rings. The van der Waals surface area contributed by atoms with Gasteiger partial charge in [0.05, 0.1) is 13.5 Å². The highest BCUT2D eigenvalue weighted by Gasteiger charge is 2.45. The van der Waals surface area contributed by atoms with Crippen LogP contribution in [0.2, 0.25) is 0 Å². The van der Waals surface area contributed by atoms with Crippen molar-refractivity contribution in [3.63, 3.8) is 0 Å². The highest BCUT2D eigenvalue weighted by atomic mass is 16.7. The van der Waals surface area contributed by atoms with Crippen molar-refractivity contribution in [1.82, 2.24) is 0 Å². The molecule has 0 unspecified atom stereocenters. The normalized spacial score (nSPS) is 24.8. The van der Waals surface area contributed by atoms with Gasteiger partial charge in [-0.05, 0) is 41.5 Å². The van der Waals surface area contributed by atoms with E-state index in [0.29, 0.717) is 11.1 Å². The zero-order valence-corrected chi connectivity index (χ0v) is 23.3. The molecule has 2 heterocycles. The van der Waals surface area contributed by atoms with E-state index >= 15 is 0 Å². The number of ether oxygens (including phenoxy) is 5. The molecule has 0 amide bonds. The van der Waals surface area contributed by atoms with Gasteiger partial charge in [-0.1, -0.05) is 18.2 Å². The predicted octanol–water partition coefficient (Wildman–Crippen LogP) is 1.96. The predicted molar refractivity (Wildman–Crippen MR) is 150 cm³/mol. The highest BCUT2D eigenvalue weighted by Crippen LogP contribution is 2.43. The maximum absolute atomic E-state index is 12.9. The molecule has 0 aromatic heterocycles. The number of methoxy groups -OCH3 is 1. The second-order valence-corrected chi connectivity index (χ2v) is 10.2. The molecule has 0 spiro atoms. The first-order chi connectivity index (χ1) is 21.0. The lowest BCUT2D eigenvalue weighted by atomic mass is 9.95. The average Bonchev–Trinajstić information content (AvgIpc) is 3.00. The van der Waals surface area contributed by atoms with E-state index in [0.717, 1.165) is 12.1 Å². The molecule has 0 saturated carbocycles. The van der Waals surface area contributed by atoms with E-state index in [9.17, 15) is 40.2 Å². The quantitative estimate of drug-likeness (QED) is 0.160. The molecule has 0 bridgehead atoms. The van der Waals surface area contributed by atoms with Crippen LogP contribution in [-0.4, -0.2) is 86.8 Å². The fourth-order valence-electron chi connectivity index (χ4n) is 4.81. The van der Waals surface area contributed by atoms with E-state index < -0.39 is 60.9 Å². The summed E-state index contributed by atoms with van der Waals surface area (Å²) in [5, 5.41) is 61.2. The number of fused-ring (bicyclic) bond motifs is 1. The summed E-state index contributed by atoms with van der Waals surface area (Å²) in [6, 6.07) is 12.9. The minimum absolute atomic E-state index is 0.0231. The van der Waals surface area contributed by atoms with E-state index in [4.69, 9.17) is 23.7 Å². The summed E-state index contributed by atoms with van der Waals surface area (Å²) in [7, 11) is 1.38. The van der Waals surface area contributed by atoms with Gasteiger partial charge < -0.3 is 54.3 Å². The number of Topliss-reactive ketones (excluding diaryl/α,β-unsaturated/α-hetero) is 1. The van der Waals surface area contributed by atoms with Crippen LogP contribution in [0.3, 0.4) is 0 Å². The summed E-state index contributed by atoms with van der Waals surface area (Å²) in [4.78, 5) is 25.1. The Kier molecular flexibility index (Phi) is 8.92. The molecule has 2 aliphatic heterocycles. The van der Waals surface area contributed by atoms with Gasteiger partial charge >= 0.3 is 5.97 Å². The molecule has 3 aromatic carbocycles. The van der Waals surface area contributed by atoms with E-state index in [1.165, 1.54) is 43.5 Å². The molecule has 6 atom stereocenters. The van der Waals surface area contributed by atoms with Gasteiger partial charge in [-0.3, -0.25) is 4.79 Å². The average molecular weight is 611 g/mol. The first kappa shape index (κ1) is 30.6. The van der Waals surface area contributed by atoms with Crippen molar-refractivity contribution in [3.05, 3.63) is 77.4 Å². The number of aliphatic hydroxyl groups excluding tert-OH is 3. The second kappa shape index (κ2) is 12.8. The number of carbonyl (C=O) groups is 2. The van der Waals surface area contributed by atoms with Crippen molar-refractivity contribution in [2.75, 3.05) is 13.7 Å². The summed E-state index contributed by atoms with van der Waals surface area (Å²) in [6.45, 7) is -0.506. The number of aromatic hydroxyl groups is 3. The maximum atomic E-state index is 12.9. The van der Waals surface area contributed by atoms with Crippen LogP contribution in [0.4, 0.5) is 0 Å². The minimum Gasteiger partial charge on any atom is -0.508 e. The molecule has 0 radical (unpaired) electrons. The molecule has 3 aromatic rings. The number of aliphatic hydroxyl groups is 3. The summed E-state index contributed by atoms with van der Waals surface area (Å²) in [5.74, 6) is -1.62. The Bertz CT molecular complexity index is 1550. The van der Waals surface area contributed by atoms with Crippen LogP contribution in [-0.2, 0) is 14.3 Å². The van der Waals surface area contributed by atoms with Crippen LogP contribution in [0.25, 0.3) is 6.08 Å². The second-order valence-electron chi connectivity index (χ2n) is 10.2. The van der Waals surface area contributed by atoms with Crippen LogP contribution < -0.4 is 14.2 Å². The molecule has 5 rings (SSSR count). The monoisotopic (exact) mass is 610 g/mol. The van der Waals surface area contributed by atoms with Crippen LogP contribution in [0, 0.1) is 0 Å². The van der Waals surface area contributed by atoms with E-state index in [1.807, 2.05) is 0 Å². The minimum atomic E-state index is -1.75. The first-order valence-electron chi connectivity index (χ1n) is 13.5. The number of ketones is 1. The number of hydrogen-bond acceptors (Lipinski definition) is 13. The van der Waals surface area contributed by atoms with E-state index in [1.54, 1.807) is 18.2 Å². The molecule has 13 heteroatoms. The fraction of sp³-hybridized carbons (Fsp3) is 0.290. The number of esters is 1. The summed E-state index contributed by atoms with van der Waals surface area (Å²) < 4.78 is 27.5. The Hall–Kier alpha value is -4.82. The zero-order valence-electron chi connectivity index (χ0n) is 23.3. The maximum Gasteiger partial charge on any atom is 0.330 e. The number of phenols is 3. The molecule has 1 fully saturated rings. The van der Waals surface area contributed by atoms with Crippen LogP contribution in [0.5, 0.6) is 34.5 Å². The third-order valence-corrected chi connectivity index (χ3v) is 7.16. The van der Waals surface area contributed by atoms with Gasteiger partial charge in [0.15, 0.2) is 17.3 Å². The Balaban J connectivity index is 1.28. The number of hydrogen-bond donors (Lipinski definition) is 6. The third-order valence-electron chi connectivity index (χ3n) is 7.16. The van der Waals surface area contributed by atoms with Gasteiger partial charge in [0, 0.05) is 18.2 Å². The molecule has 13 nitrogen and oxygen atoms in total. The van der Waals surface area contributed by atoms with Crippen molar-refractivity contribution in [1.29, 1.82) is 0 Å². The van der Waals surface area contributed by atoms with E-state index in [2.05, 4.69) is 0 Å². The Morgan fingerprint density at radius 1 is 0.955 bits per heavy atom. The van der Waals surface area contributed by atoms with Gasteiger partial charge in [-0.25, -0.2) is 4.79 Å². The van der Waals surface area contributed by atoms with Crippen LogP contribution in [0.1, 0.15) is 34.0 Å². The highest BCUT2D eigenvalue weighted by molar-refractivity contribution is 6.02. The van der Waals surface area contributed by atoms with Gasteiger partial charge in [-0.2, -0.15) is 0 Å². The molecule has 44 heavy (non-hydrogen) atoms. The largest absolute Gasteiger partial charge is 0.508 e. The topological polar surface area (TPSA) is 202 Å². The molecule has 0 aliphatic carbocycles. The van der Waals surface area contributed by atoms with Gasteiger partial charge in [0.2, 0.25) is 6.29 Å². The number of rotatable bonds is 8. The zero-order chi connectivity index (χ0) is 31.5. The Labute approximate surface area is 250 Å². The van der Waals surface area contributed by atoms with Crippen LogP contribution >= 0.6 is 0 Å². The standard InChI is InChI=1S/C31H30O13/c1-40-23-10-16(5-8-19(23)33)22-13-21(35)27-20(34)11-18(12-24(27)43-22)42-31-30(39)29(38)28(37)25(44-31)14-41-26(36)9-4-15-2-6-17(32)7-3-15/h2-12,22,25,28-34,37-39H,13-14H2,1H3/b9-4+/t22-,25+,28+,29-,30+,31+/m0/s1. The summed E-state index contributed by atoms with van der Waals surface area (Å²) in [6.07, 6.45) is -6.34. The van der Waals surface area contributed by atoms with Crippen LogP contribution in [0.15, 0.2) is 60.7 Å². The molecule has 6 N–H and O–H groups in total. The lowest BCUT2D eigenvalue weighted by Gasteiger charge is -2.40. The van der Waals surface area contributed by atoms with Crippen molar-refractivity contribution in [2.24, 2.45) is 0 Å². The molecular weight excluding hydrogens is 580 g/mol. The smallest absolute Gasteiger partial charge is 0.330 e. The van der Waals surface area contributed by atoms with Crippen molar-refractivity contribution >= 4 is 17.8 Å². The summed E-state index contributed by atoms with van der Waals surface area (Å²) >= 11 is 0. The lowest BCUT2D eigenvalue weighted by Crippen LogP contribution is -2.60. The van der Waals surface area contributed by atoms with E-state index in [-0.39, 0.29) is 40.7 Å². The van der Waals surface area contributed by atoms with Crippen molar-refractivity contribution < 1.29 is 63.9 Å². The number of benzene rings is 3. The third kappa shape index (κ3) is 6.55. The lowest BCUT2D eigenvalue weighted by molar-refractivity contribution is -0.278. The molecular formula is C31H30O13. The Morgan fingerprint density at radius 2 is 1.70 bits per heavy atom. The summed E-state index contributed by atoms with van der Waals surface area (Å²) in [5.41, 5.74) is 1.07. The fourth-order valence-corrected chi connectivity index (χ4v) is 4.81. The SMILES string of the molecule is COc1cc([C@@H]2CC(=O)c3c(O)cc(O[C@@H]4O[C@H](COC(=O)/C=C/c5ccc(O)cc5)[C@@H](O)[C@H](O)[C@H]4O)cc3O2)ccc1O. The van der Waals surface area contributed by atoms with Crippen molar-refractivity contribution in [2.45, 2.75) is 43.2 Å². The number of carbonyl (C=O) groups excluding carboxylic acids is 2. The van der Waals surface area contributed by atoms with Gasteiger partial charge in [0.1, 0.15) is 65.7 Å². The Morgan fingerprint density at radius 3 is 2.43 bits per heavy atom. The molecule has 232 valence electrons.